The van der Waals surface area contributed by atoms with Crippen LogP contribution in [0.25, 0.3) is 11.0 Å². The number of hydrogen-bond acceptors (Lipinski definition) is 3. The molecule has 2 N–H and O–H groups in total. The minimum atomic E-state index is -1.68. The number of furan rings is 1. The van der Waals surface area contributed by atoms with Gasteiger partial charge in [-0.25, -0.2) is 13.2 Å². The van der Waals surface area contributed by atoms with Gasteiger partial charge in [0.2, 0.25) is 11.8 Å². The lowest BCUT2D eigenvalue weighted by Gasteiger charge is -2.08. The summed E-state index contributed by atoms with van der Waals surface area (Å²) in [4.78, 5) is 23.8. The second kappa shape index (κ2) is 7.53. The fourth-order valence-electron chi connectivity index (χ4n) is 2.56. The molecule has 0 spiro atoms. The maximum absolute atomic E-state index is 13.5. The number of benzene rings is 2. The molecular formula is C19H15F3N2O3. The van der Waals surface area contributed by atoms with E-state index in [-0.39, 0.29) is 6.42 Å². The third kappa shape index (κ3) is 4.11. The number of aryl methyl sites for hydroxylation is 1. The first kappa shape index (κ1) is 18.5. The molecule has 0 aliphatic rings. The van der Waals surface area contributed by atoms with Crippen LogP contribution in [0.4, 0.5) is 18.9 Å². The predicted molar refractivity (Wildman–Crippen MR) is 92.6 cm³/mol. The van der Waals surface area contributed by atoms with Crippen molar-refractivity contribution < 1.29 is 27.2 Å². The number of nitrogens with one attached hydrogen (secondary N) is 2. The molecule has 0 saturated heterocycles. The van der Waals surface area contributed by atoms with Gasteiger partial charge in [-0.2, -0.15) is 0 Å². The van der Waals surface area contributed by atoms with Gasteiger partial charge in [0.25, 0.3) is 0 Å². The number of hydrogen-bond donors (Lipinski definition) is 2. The van der Waals surface area contributed by atoms with Gasteiger partial charge in [0.1, 0.15) is 5.58 Å². The molecule has 27 heavy (non-hydrogen) atoms. The Labute approximate surface area is 152 Å². The molecule has 0 fully saturated rings. The number of carbonyl (C=O) groups excluding carboxylic acids is 2. The van der Waals surface area contributed by atoms with Gasteiger partial charge >= 0.3 is 0 Å². The van der Waals surface area contributed by atoms with Gasteiger partial charge in [-0.15, -0.1) is 0 Å². The van der Waals surface area contributed by atoms with Gasteiger partial charge in [0, 0.05) is 10.9 Å². The maximum atomic E-state index is 13.5. The van der Waals surface area contributed by atoms with E-state index < -0.39 is 41.5 Å². The second-order valence-electron chi connectivity index (χ2n) is 5.99. The van der Waals surface area contributed by atoms with Crippen molar-refractivity contribution in [1.82, 2.24) is 5.32 Å². The molecule has 0 saturated carbocycles. The fourth-order valence-corrected chi connectivity index (χ4v) is 2.56. The molecule has 3 rings (SSSR count). The van der Waals surface area contributed by atoms with Crippen LogP contribution < -0.4 is 10.6 Å². The molecule has 0 atom stereocenters. The highest BCUT2D eigenvalue weighted by atomic mass is 19.2. The topological polar surface area (TPSA) is 71.3 Å². The third-order valence-electron chi connectivity index (χ3n) is 3.92. The van der Waals surface area contributed by atoms with E-state index >= 15 is 0 Å². The summed E-state index contributed by atoms with van der Waals surface area (Å²) in [6.07, 6.45) is 1.46. The normalized spacial score (nSPS) is 10.8. The Hall–Kier alpha value is -3.29. The summed E-state index contributed by atoms with van der Waals surface area (Å²) in [7, 11) is 0. The van der Waals surface area contributed by atoms with Crippen molar-refractivity contribution in [3.05, 3.63) is 65.2 Å². The summed E-state index contributed by atoms with van der Waals surface area (Å²) in [5.74, 6) is -5.77. The van der Waals surface area contributed by atoms with E-state index in [0.717, 1.165) is 17.0 Å². The molecular weight excluding hydrogens is 361 g/mol. The summed E-state index contributed by atoms with van der Waals surface area (Å²) in [5, 5.41) is 5.25. The molecule has 0 aliphatic heterocycles. The van der Waals surface area contributed by atoms with Crippen molar-refractivity contribution in [2.24, 2.45) is 0 Å². The summed E-state index contributed by atoms with van der Waals surface area (Å²) >= 11 is 0. The zero-order chi connectivity index (χ0) is 19.6. The quantitative estimate of drug-likeness (QED) is 0.670. The van der Waals surface area contributed by atoms with Crippen molar-refractivity contribution in [2.75, 3.05) is 11.9 Å². The van der Waals surface area contributed by atoms with Crippen molar-refractivity contribution in [3.63, 3.8) is 0 Å². The number of halogens is 3. The van der Waals surface area contributed by atoms with E-state index in [1.54, 1.807) is 0 Å². The lowest BCUT2D eigenvalue weighted by Crippen LogP contribution is -2.34. The van der Waals surface area contributed by atoms with Crippen LogP contribution in [0.1, 0.15) is 11.1 Å². The predicted octanol–water partition coefficient (Wildman–Crippen LogP) is 3.46. The van der Waals surface area contributed by atoms with Gasteiger partial charge in [-0.1, -0.05) is 12.1 Å². The number of amides is 2. The van der Waals surface area contributed by atoms with Gasteiger partial charge in [0.05, 0.1) is 24.9 Å². The smallest absolute Gasteiger partial charge is 0.243 e. The lowest BCUT2D eigenvalue weighted by atomic mass is 10.1. The average Bonchev–Trinajstić information content (AvgIpc) is 3.02. The molecule has 140 valence electrons. The molecule has 8 heteroatoms. The van der Waals surface area contributed by atoms with Crippen LogP contribution in [0.15, 0.2) is 41.0 Å². The maximum Gasteiger partial charge on any atom is 0.243 e. The Balaban J connectivity index is 1.57. The summed E-state index contributed by atoms with van der Waals surface area (Å²) in [6, 6.07) is 7.17. The Bertz CT molecular complexity index is 1030. The number of anilines is 1. The molecule has 0 unspecified atom stereocenters. The summed E-state index contributed by atoms with van der Waals surface area (Å²) < 4.78 is 44.9. The zero-order valence-corrected chi connectivity index (χ0v) is 14.2. The van der Waals surface area contributed by atoms with E-state index in [4.69, 9.17) is 4.42 Å². The first-order chi connectivity index (χ1) is 12.8. The van der Waals surface area contributed by atoms with Crippen molar-refractivity contribution in [2.45, 2.75) is 13.3 Å². The Morgan fingerprint density at radius 3 is 2.59 bits per heavy atom. The number of fused-ring (bicyclic) bond motifs is 1. The summed E-state index contributed by atoms with van der Waals surface area (Å²) in [5.41, 5.74) is 1.83. The third-order valence-corrected chi connectivity index (χ3v) is 3.92. The van der Waals surface area contributed by atoms with Crippen LogP contribution in [0, 0.1) is 24.4 Å². The monoisotopic (exact) mass is 376 g/mol. The standard InChI is InChI=1S/C19H15F3N2O3/c1-10-2-3-12-11(9-27-15(12)6-10)7-16(25)23-8-17(26)24-14-5-4-13(20)18(21)19(14)22/h2-6,9H,7-8H2,1H3,(H,23,25)(H,24,26). The van der Waals surface area contributed by atoms with Crippen molar-refractivity contribution in [1.29, 1.82) is 0 Å². The van der Waals surface area contributed by atoms with Gasteiger partial charge < -0.3 is 15.1 Å². The first-order valence-electron chi connectivity index (χ1n) is 8.02. The molecule has 0 radical (unpaired) electrons. The van der Waals surface area contributed by atoms with Crippen LogP contribution in [0.2, 0.25) is 0 Å². The second-order valence-corrected chi connectivity index (χ2v) is 5.99. The molecule has 0 aliphatic carbocycles. The molecule has 5 nitrogen and oxygen atoms in total. The SMILES string of the molecule is Cc1ccc2c(CC(=O)NCC(=O)Nc3ccc(F)c(F)c3F)coc2c1. The average molecular weight is 376 g/mol. The zero-order valence-electron chi connectivity index (χ0n) is 14.2. The van der Waals surface area contributed by atoms with Gasteiger partial charge in [0.15, 0.2) is 17.5 Å². The molecule has 0 bridgehead atoms. The minimum Gasteiger partial charge on any atom is -0.464 e. The highest BCUT2D eigenvalue weighted by molar-refractivity contribution is 5.95. The van der Waals surface area contributed by atoms with Crippen LogP contribution in [0.3, 0.4) is 0 Å². The highest BCUT2D eigenvalue weighted by Crippen LogP contribution is 2.23. The van der Waals surface area contributed by atoms with Crippen molar-refractivity contribution in [3.8, 4) is 0 Å². The number of rotatable bonds is 5. The van der Waals surface area contributed by atoms with E-state index in [0.29, 0.717) is 17.2 Å². The minimum absolute atomic E-state index is 0.0110. The van der Waals surface area contributed by atoms with Gasteiger partial charge in [-0.3, -0.25) is 9.59 Å². The Morgan fingerprint density at radius 1 is 1.04 bits per heavy atom. The van der Waals surface area contributed by atoms with E-state index in [2.05, 4.69) is 10.6 Å². The summed E-state index contributed by atoms with van der Waals surface area (Å²) in [6.45, 7) is 1.47. The van der Waals surface area contributed by atoms with Crippen LogP contribution in [-0.4, -0.2) is 18.4 Å². The van der Waals surface area contributed by atoms with Crippen LogP contribution in [0.5, 0.6) is 0 Å². The Kier molecular flexibility index (Phi) is 5.16. The van der Waals surface area contributed by atoms with E-state index in [1.165, 1.54) is 6.26 Å². The van der Waals surface area contributed by atoms with Gasteiger partial charge in [-0.05, 0) is 30.7 Å². The first-order valence-corrected chi connectivity index (χ1v) is 8.02. The van der Waals surface area contributed by atoms with Crippen molar-refractivity contribution >= 4 is 28.5 Å². The number of carbonyl (C=O) groups is 2. The molecule has 1 heterocycles. The fraction of sp³-hybridized carbons (Fsp3) is 0.158. The molecule has 2 amide bonds. The molecule has 1 aromatic heterocycles. The van der Waals surface area contributed by atoms with Crippen LogP contribution in [-0.2, 0) is 16.0 Å². The highest BCUT2D eigenvalue weighted by Gasteiger charge is 2.16. The van der Waals surface area contributed by atoms with E-state index in [9.17, 15) is 22.8 Å². The molecule has 3 aromatic rings. The Morgan fingerprint density at radius 2 is 1.81 bits per heavy atom. The lowest BCUT2D eigenvalue weighted by molar-refractivity contribution is -0.123. The molecule has 2 aromatic carbocycles. The van der Waals surface area contributed by atoms with E-state index in [1.807, 2.05) is 25.1 Å². The van der Waals surface area contributed by atoms with Crippen LogP contribution >= 0.6 is 0 Å². The largest absolute Gasteiger partial charge is 0.464 e.